The molecule has 1 aromatic heterocycles. The highest BCUT2D eigenvalue weighted by Gasteiger charge is 2.26. The molecule has 1 amide bonds. The lowest BCUT2D eigenvalue weighted by molar-refractivity contribution is 0.102. The van der Waals surface area contributed by atoms with Crippen molar-refractivity contribution in [1.29, 1.82) is 0 Å². The number of benzene rings is 2. The van der Waals surface area contributed by atoms with Gasteiger partial charge in [0.05, 0.1) is 25.5 Å². The standard InChI is InChI=1S/C27H32N4O3/c1-17-9-18(2)11-21(10-17)30-27(32)25-16-29-15-24(26(25)31-7-5-20(28)6-8-31)19-12-22(33-3)14-23(13-19)34-4/h9-16,20H,5-8,28H2,1-4H3,(H,30,32). The number of carbonyl (C=O) groups excluding carboxylic acids is 1. The largest absolute Gasteiger partial charge is 0.497 e. The van der Waals surface area contributed by atoms with Crippen molar-refractivity contribution in [3.63, 3.8) is 0 Å². The van der Waals surface area contributed by atoms with E-state index in [9.17, 15) is 4.79 Å². The van der Waals surface area contributed by atoms with Crippen molar-refractivity contribution in [1.82, 2.24) is 4.98 Å². The van der Waals surface area contributed by atoms with E-state index in [0.29, 0.717) is 17.1 Å². The zero-order valence-corrected chi connectivity index (χ0v) is 20.2. The number of carbonyl (C=O) groups is 1. The van der Waals surface area contributed by atoms with Crippen molar-refractivity contribution in [3.8, 4) is 22.6 Å². The van der Waals surface area contributed by atoms with E-state index >= 15 is 0 Å². The van der Waals surface area contributed by atoms with Gasteiger partial charge in [-0.15, -0.1) is 0 Å². The van der Waals surface area contributed by atoms with Crippen LogP contribution in [0.15, 0.2) is 48.8 Å². The van der Waals surface area contributed by atoms with Crippen molar-refractivity contribution < 1.29 is 14.3 Å². The summed E-state index contributed by atoms with van der Waals surface area (Å²) in [6, 6.07) is 11.9. The van der Waals surface area contributed by atoms with Crippen LogP contribution in [-0.4, -0.2) is 44.2 Å². The molecule has 2 aromatic carbocycles. The van der Waals surface area contributed by atoms with Crippen molar-refractivity contribution in [3.05, 3.63) is 65.5 Å². The monoisotopic (exact) mass is 460 g/mol. The van der Waals surface area contributed by atoms with Gasteiger partial charge in [-0.25, -0.2) is 0 Å². The van der Waals surface area contributed by atoms with E-state index in [1.807, 2.05) is 44.2 Å². The lowest BCUT2D eigenvalue weighted by Gasteiger charge is -2.34. The van der Waals surface area contributed by atoms with Crippen LogP contribution < -0.4 is 25.4 Å². The fourth-order valence-electron chi connectivity index (χ4n) is 4.50. The van der Waals surface area contributed by atoms with Crippen LogP contribution in [0.4, 0.5) is 11.4 Å². The van der Waals surface area contributed by atoms with Crippen LogP contribution in [0.1, 0.15) is 34.3 Å². The van der Waals surface area contributed by atoms with Crippen LogP contribution in [0.5, 0.6) is 11.5 Å². The zero-order chi connectivity index (χ0) is 24.2. The van der Waals surface area contributed by atoms with E-state index in [2.05, 4.69) is 21.3 Å². The van der Waals surface area contributed by atoms with Gasteiger partial charge in [0.25, 0.3) is 5.91 Å². The molecule has 2 heterocycles. The van der Waals surface area contributed by atoms with Gasteiger partial charge in [0.15, 0.2) is 0 Å². The second kappa shape index (κ2) is 10.1. The van der Waals surface area contributed by atoms with Crippen LogP contribution in [0.3, 0.4) is 0 Å². The van der Waals surface area contributed by atoms with Gasteiger partial charge in [-0.1, -0.05) is 6.07 Å². The molecule has 0 aliphatic carbocycles. The average molecular weight is 461 g/mol. The van der Waals surface area contributed by atoms with E-state index in [1.165, 1.54) is 0 Å². The summed E-state index contributed by atoms with van der Waals surface area (Å²) in [5, 5.41) is 3.07. The van der Waals surface area contributed by atoms with Crippen LogP contribution in [0.25, 0.3) is 11.1 Å². The number of hydrogen-bond acceptors (Lipinski definition) is 6. The SMILES string of the molecule is COc1cc(OC)cc(-c2cncc(C(=O)Nc3cc(C)cc(C)c3)c2N2CCC(N)CC2)c1. The highest BCUT2D eigenvalue weighted by atomic mass is 16.5. The molecule has 1 aliphatic rings. The number of amides is 1. The van der Waals surface area contributed by atoms with Gasteiger partial charge in [-0.05, 0) is 67.6 Å². The molecule has 3 aromatic rings. The minimum absolute atomic E-state index is 0.172. The first kappa shape index (κ1) is 23.6. The molecule has 7 nitrogen and oxygen atoms in total. The molecular weight excluding hydrogens is 428 g/mol. The molecule has 1 aliphatic heterocycles. The summed E-state index contributed by atoms with van der Waals surface area (Å²) in [5.74, 6) is 1.15. The number of aryl methyl sites for hydroxylation is 2. The first-order valence-corrected chi connectivity index (χ1v) is 11.5. The number of anilines is 2. The summed E-state index contributed by atoms with van der Waals surface area (Å²) < 4.78 is 11.0. The Hall–Kier alpha value is -3.58. The van der Waals surface area contributed by atoms with Crippen molar-refractivity contribution >= 4 is 17.3 Å². The summed E-state index contributed by atoms with van der Waals surface area (Å²) in [6.45, 7) is 5.57. The molecule has 0 spiro atoms. The van der Waals surface area contributed by atoms with E-state index in [4.69, 9.17) is 15.2 Å². The fourth-order valence-corrected chi connectivity index (χ4v) is 4.50. The minimum atomic E-state index is -0.195. The van der Waals surface area contributed by atoms with Gasteiger partial charge in [0.2, 0.25) is 0 Å². The number of nitrogens with one attached hydrogen (secondary N) is 1. The predicted molar refractivity (Wildman–Crippen MR) is 136 cm³/mol. The first-order valence-electron chi connectivity index (χ1n) is 11.5. The topological polar surface area (TPSA) is 89.7 Å². The molecule has 0 atom stereocenters. The number of aromatic nitrogens is 1. The summed E-state index contributed by atoms with van der Waals surface area (Å²) in [7, 11) is 3.24. The molecule has 1 saturated heterocycles. The molecular formula is C27H32N4O3. The smallest absolute Gasteiger partial charge is 0.259 e. The Morgan fingerprint density at radius 2 is 1.59 bits per heavy atom. The number of hydrogen-bond donors (Lipinski definition) is 2. The average Bonchev–Trinajstić information content (AvgIpc) is 2.83. The third-order valence-corrected chi connectivity index (χ3v) is 6.16. The number of nitrogens with zero attached hydrogens (tertiary/aromatic N) is 2. The maximum absolute atomic E-state index is 13.5. The summed E-state index contributed by atoms with van der Waals surface area (Å²) in [6.07, 6.45) is 5.16. The Morgan fingerprint density at radius 3 is 2.18 bits per heavy atom. The molecule has 0 unspecified atom stereocenters. The van der Waals surface area contributed by atoms with Crippen molar-refractivity contribution in [2.75, 3.05) is 37.5 Å². The minimum Gasteiger partial charge on any atom is -0.497 e. The molecule has 34 heavy (non-hydrogen) atoms. The highest BCUT2D eigenvalue weighted by molar-refractivity contribution is 6.10. The Morgan fingerprint density at radius 1 is 0.971 bits per heavy atom. The van der Waals surface area contributed by atoms with Gasteiger partial charge >= 0.3 is 0 Å². The third kappa shape index (κ3) is 5.15. The Balaban J connectivity index is 1.81. The van der Waals surface area contributed by atoms with Gasteiger partial charge in [-0.3, -0.25) is 9.78 Å². The van der Waals surface area contributed by atoms with Crippen LogP contribution in [0, 0.1) is 13.8 Å². The normalized spacial score (nSPS) is 14.1. The Bertz CT molecular complexity index is 1140. The molecule has 0 saturated carbocycles. The van der Waals surface area contributed by atoms with Crippen LogP contribution in [0.2, 0.25) is 0 Å². The maximum atomic E-state index is 13.5. The summed E-state index contributed by atoms with van der Waals surface area (Å²) >= 11 is 0. The van der Waals surface area contributed by atoms with E-state index in [-0.39, 0.29) is 11.9 Å². The second-order valence-corrected chi connectivity index (χ2v) is 8.84. The van der Waals surface area contributed by atoms with E-state index in [0.717, 1.165) is 59.6 Å². The van der Waals surface area contributed by atoms with E-state index in [1.54, 1.807) is 26.6 Å². The third-order valence-electron chi connectivity index (χ3n) is 6.16. The molecule has 178 valence electrons. The Kier molecular flexibility index (Phi) is 7.03. The number of piperidine rings is 1. The maximum Gasteiger partial charge on any atom is 0.259 e. The molecule has 0 bridgehead atoms. The summed E-state index contributed by atoms with van der Waals surface area (Å²) in [4.78, 5) is 20.2. The first-order chi connectivity index (χ1) is 16.4. The molecule has 0 radical (unpaired) electrons. The molecule has 1 fully saturated rings. The van der Waals surface area contributed by atoms with Gasteiger partial charge < -0.3 is 25.4 Å². The van der Waals surface area contributed by atoms with Gasteiger partial charge in [0, 0.05) is 48.8 Å². The van der Waals surface area contributed by atoms with Crippen molar-refractivity contribution in [2.45, 2.75) is 32.7 Å². The molecule has 7 heteroatoms. The summed E-state index contributed by atoms with van der Waals surface area (Å²) in [5.41, 5.74) is 12.2. The van der Waals surface area contributed by atoms with Crippen LogP contribution >= 0.6 is 0 Å². The lowest BCUT2D eigenvalue weighted by atomic mass is 9.98. The second-order valence-electron chi connectivity index (χ2n) is 8.84. The number of nitrogens with two attached hydrogens (primary N) is 1. The fraction of sp³-hybridized carbons (Fsp3) is 0.333. The number of methoxy groups -OCH3 is 2. The van der Waals surface area contributed by atoms with Gasteiger partial charge in [0.1, 0.15) is 11.5 Å². The van der Waals surface area contributed by atoms with Gasteiger partial charge in [-0.2, -0.15) is 0 Å². The number of rotatable bonds is 6. The molecule has 3 N–H and O–H groups in total. The highest BCUT2D eigenvalue weighted by Crippen LogP contribution is 2.38. The van der Waals surface area contributed by atoms with Crippen LogP contribution in [-0.2, 0) is 0 Å². The lowest BCUT2D eigenvalue weighted by Crippen LogP contribution is -2.40. The quantitative estimate of drug-likeness (QED) is 0.560. The molecule has 4 rings (SSSR count). The number of pyridine rings is 1. The Labute approximate surface area is 200 Å². The number of ether oxygens (including phenoxy) is 2. The zero-order valence-electron chi connectivity index (χ0n) is 20.2. The van der Waals surface area contributed by atoms with E-state index < -0.39 is 0 Å². The predicted octanol–water partition coefficient (Wildman–Crippen LogP) is 4.56. The van der Waals surface area contributed by atoms with Crippen molar-refractivity contribution in [2.24, 2.45) is 5.73 Å².